The molecule has 0 aliphatic rings. The van der Waals surface area contributed by atoms with E-state index >= 15 is 0 Å². The summed E-state index contributed by atoms with van der Waals surface area (Å²) in [4.78, 5) is 0. The van der Waals surface area contributed by atoms with Gasteiger partial charge in [-0.15, -0.1) is 0 Å². The van der Waals surface area contributed by atoms with Crippen LogP contribution in [0.1, 0.15) is 76.3 Å². The van der Waals surface area contributed by atoms with Crippen LogP contribution >= 0.6 is 0 Å². The molecular weight excluding hydrogens is 210 g/mol. The lowest BCUT2D eigenvalue weighted by atomic mass is 9.75. The number of unbranched alkanes of at least 4 members (excludes halogenated alkanes) is 3. The smallest absolute Gasteiger partial charge is 0.137 e. The molecule has 1 atom stereocenters. The van der Waals surface area contributed by atoms with Gasteiger partial charge in [0.25, 0.3) is 0 Å². The predicted molar refractivity (Wildman–Crippen MR) is 72.4 cm³/mol. The third-order valence-electron chi connectivity index (χ3n) is 4.00. The molecular formula is C15H27NO. The van der Waals surface area contributed by atoms with Crippen molar-refractivity contribution in [2.24, 2.45) is 0 Å². The van der Waals surface area contributed by atoms with Gasteiger partial charge in [0, 0.05) is 5.56 Å². The highest BCUT2D eigenvalue weighted by molar-refractivity contribution is 5.30. The maximum absolute atomic E-state index is 5.32. The van der Waals surface area contributed by atoms with Gasteiger partial charge in [-0.3, -0.25) is 0 Å². The molecule has 0 saturated carbocycles. The number of hydrogen-bond acceptors (Lipinski definition) is 2. The van der Waals surface area contributed by atoms with Gasteiger partial charge in [0.15, 0.2) is 0 Å². The SMILES string of the molecule is CCCCCCC(C)(CC)c1c(C)noc1C. The van der Waals surface area contributed by atoms with Crippen molar-refractivity contribution in [1.29, 1.82) is 0 Å². The maximum Gasteiger partial charge on any atom is 0.137 e. The first-order valence-electron chi connectivity index (χ1n) is 6.98. The first-order valence-corrected chi connectivity index (χ1v) is 6.98. The molecule has 1 unspecified atom stereocenters. The molecule has 0 N–H and O–H groups in total. The van der Waals surface area contributed by atoms with Gasteiger partial charge in [-0.1, -0.05) is 51.6 Å². The average molecular weight is 237 g/mol. The van der Waals surface area contributed by atoms with E-state index in [1.807, 2.05) is 6.92 Å². The van der Waals surface area contributed by atoms with Crippen LogP contribution in [0, 0.1) is 13.8 Å². The molecule has 0 aliphatic heterocycles. The summed E-state index contributed by atoms with van der Waals surface area (Å²) < 4.78 is 5.32. The van der Waals surface area contributed by atoms with Crippen LogP contribution < -0.4 is 0 Å². The molecule has 17 heavy (non-hydrogen) atoms. The van der Waals surface area contributed by atoms with Crippen molar-refractivity contribution in [2.45, 2.75) is 78.6 Å². The summed E-state index contributed by atoms with van der Waals surface area (Å²) in [6.07, 6.45) is 7.70. The van der Waals surface area contributed by atoms with E-state index in [0.717, 1.165) is 17.9 Å². The van der Waals surface area contributed by atoms with Crippen LogP contribution in [-0.2, 0) is 5.41 Å². The Hall–Kier alpha value is -0.790. The molecule has 0 bridgehead atoms. The number of hydrogen-bond donors (Lipinski definition) is 0. The Morgan fingerprint density at radius 2 is 1.82 bits per heavy atom. The Bertz CT molecular complexity index is 323. The number of aryl methyl sites for hydroxylation is 2. The van der Waals surface area contributed by atoms with Crippen molar-refractivity contribution in [3.8, 4) is 0 Å². The normalized spacial score (nSPS) is 14.9. The zero-order valence-electron chi connectivity index (χ0n) is 12.1. The van der Waals surface area contributed by atoms with Crippen molar-refractivity contribution < 1.29 is 4.52 Å². The molecule has 0 saturated heterocycles. The Morgan fingerprint density at radius 1 is 1.12 bits per heavy atom. The van der Waals surface area contributed by atoms with Gasteiger partial charge in [0.05, 0.1) is 5.69 Å². The molecule has 98 valence electrons. The summed E-state index contributed by atoms with van der Waals surface area (Å²) in [7, 11) is 0. The molecule has 0 spiro atoms. The molecule has 1 aromatic heterocycles. The van der Waals surface area contributed by atoms with Crippen molar-refractivity contribution in [3.05, 3.63) is 17.0 Å². The molecule has 1 rings (SSSR count). The number of nitrogens with zero attached hydrogens (tertiary/aromatic N) is 1. The van der Waals surface area contributed by atoms with Crippen LogP contribution in [0.4, 0.5) is 0 Å². The van der Waals surface area contributed by atoms with Gasteiger partial charge < -0.3 is 4.52 Å². The van der Waals surface area contributed by atoms with Crippen molar-refractivity contribution in [3.63, 3.8) is 0 Å². The van der Waals surface area contributed by atoms with E-state index in [0.29, 0.717) is 0 Å². The molecule has 0 aromatic carbocycles. The lowest BCUT2D eigenvalue weighted by Gasteiger charge is -2.28. The van der Waals surface area contributed by atoms with Gasteiger partial charge in [-0.05, 0) is 32.1 Å². The second kappa shape index (κ2) is 6.23. The lowest BCUT2D eigenvalue weighted by Crippen LogP contribution is -2.22. The van der Waals surface area contributed by atoms with Crippen LogP contribution in [0.15, 0.2) is 4.52 Å². The monoisotopic (exact) mass is 237 g/mol. The summed E-state index contributed by atoms with van der Waals surface area (Å²) in [6.45, 7) is 11.0. The van der Waals surface area contributed by atoms with Crippen LogP contribution in [0.2, 0.25) is 0 Å². The fraction of sp³-hybridized carbons (Fsp3) is 0.800. The topological polar surface area (TPSA) is 26.0 Å². The maximum atomic E-state index is 5.32. The molecule has 1 aromatic rings. The quantitative estimate of drug-likeness (QED) is 0.628. The van der Waals surface area contributed by atoms with Gasteiger partial charge in [-0.2, -0.15) is 0 Å². The molecule has 2 nitrogen and oxygen atoms in total. The largest absolute Gasteiger partial charge is 0.361 e. The minimum Gasteiger partial charge on any atom is -0.361 e. The Kier molecular flexibility index (Phi) is 5.23. The summed E-state index contributed by atoms with van der Waals surface area (Å²) in [5, 5.41) is 4.10. The van der Waals surface area contributed by atoms with Gasteiger partial charge >= 0.3 is 0 Å². The van der Waals surface area contributed by atoms with E-state index in [1.54, 1.807) is 0 Å². The van der Waals surface area contributed by atoms with Crippen LogP contribution in [-0.4, -0.2) is 5.16 Å². The average Bonchev–Trinajstić information content (AvgIpc) is 2.65. The van der Waals surface area contributed by atoms with E-state index < -0.39 is 0 Å². The summed E-state index contributed by atoms with van der Waals surface area (Å²) in [6, 6.07) is 0. The fourth-order valence-electron chi connectivity index (χ4n) is 2.77. The third kappa shape index (κ3) is 3.34. The lowest BCUT2D eigenvalue weighted by molar-refractivity contribution is 0.370. The van der Waals surface area contributed by atoms with E-state index in [2.05, 4.69) is 32.9 Å². The highest BCUT2D eigenvalue weighted by Crippen LogP contribution is 2.37. The highest BCUT2D eigenvalue weighted by atomic mass is 16.5. The minimum atomic E-state index is 0.238. The van der Waals surface area contributed by atoms with Gasteiger partial charge in [-0.25, -0.2) is 0 Å². The van der Waals surface area contributed by atoms with Crippen molar-refractivity contribution in [1.82, 2.24) is 5.16 Å². The second-order valence-corrected chi connectivity index (χ2v) is 5.42. The first kappa shape index (κ1) is 14.3. The summed E-state index contributed by atoms with van der Waals surface area (Å²) in [5.41, 5.74) is 2.65. The molecule has 0 fully saturated rings. The van der Waals surface area contributed by atoms with Gasteiger partial charge in [0.2, 0.25) is 0 Å². The molecule has 0 radical (unpaired) electrons. The van der Waals surface area contributed by atoms with Crippen LogP contribution in [0.25, 0.3) is 0 Å². The molecule has 2 heteroatoms. The second-order valence-electron chi connectivity index (χ2n) is 5.42. The summed E-state index contributed by atoms with van der Waals surface area (Å²) in [5.74, 6) is 1.00. The van der Waals surface area contributed by atoms with Gasteiger partial charge in [0.1, 0.15) is 5.76 Å². The molecule has 1 heterocycles. The minimum absolute atomic E-state index is 0.238. The van der Waals surface area contributed by atoms with Crippen molar-refractivity contribution in [2.75, 3.05) is 0 Å². The predicted octanol–water partition coefficient (Wildman–Crippen LogP) is 4.93. The zero-order valence-corrected chi connectivity index (χ0v) is 12.1. The highest BCUT2D eigenvalue weighted by Gasteiger charge is 2.30. The number of aromatic nitrogens is 1. The Balaban J connectivity index is 2.74. The Labute approximate surface area is 106 Å². The Morgan fingerprint density at radius 3 is 2.29 bits per heavy atom. The van der Waals surface area contributed by atoms with E-state index in [9.17, 15) is 0 Å². The van der Waals surface area contributed by atoms with Crippen molar-refractivity contribution >= 4 is 0 Å². The van der Waals surface area contributed by atoms with E-state index in [4.69, 9.17) is 4.52 Å². The van der Waals surface area contributed by atoms with Crippen LogP contribution in [0.5, 0.6) is 0 Å². The first-order chi connectivity index (χ1) is 8.05. The molecule has 0 aliphatic carbocycles. The summed E-state index contributed by atoms with van der Waals surface area (Å²) >= 11 is 0. The van der Waals surface area contributed by atoms with E-state index in [1.165, 1.54) is 37.7 Å². The van der Waals surface area contributed by atoms with E-state index in [-0.39, 0.29) is 5.41 Å². The standard InChI is InChI=1S/C15H27NO/c1-6-8-9-10-11-15(5,7-2)14-12(3)16-17-13(14)4/h6-11H2,1-5H3. The fourth-order valence-corrected chi connectivity index (χ4v) is 2.77. The molecule has 0 amide bonds. The van der Waals surface area contributed by atoms with Crippen LogP contribution in [0.3, 0.4) is 0 Å². The third-order valence-corrected chi connectivity index (χ3v) is 4.00. The zero-order chi connectivity index (χ0) is 12.9. The number of rotatable bonds is 7.